The number of aromatic nitrogens is 2. The molecule has 1 heterocycles. The molecule has 0 atom stereocenters. The minimum atomic E-state index is -0.548. The van der Waals surface area contributed by atoms with Crippen LogP contribution in [0.15, 0.2) is 6.20 Å². The number of anilines is 1. The van der Waals surface area contributed by atoms with Crippen LogP contribution in [0.3, 0.4) is 0 Å². The third-order valence-corrected chi connectivity index (χ3v) is 2.99. The Morgan fingerprint density at radius 2 is 2.38 bits per heavy atom. The lowest BCUT2D eigenvalue weighted by Gasteiger charge is -2.25. The lowest BCUT2D eigenvalue weighted by atomic mass is 9.85. The number of halogens is 1. The molecule has 5 nitrogen and oxygen atoms in total. The van der Waals surface area contributed by atoms with E-state index in [4.69, 9.17) is 17.3 Å². The van der Waals surface area contributed by atoms with E-state index in [0.717, 1.165) is 6.54 Å². The van der Waals surface area contributed by atoms with Crippen LogP contribution < -0.4 is 11.1 Å². The van der Waals surface area contributed by atoms with E-state index < -0.39 is 5.91 Å². The maximum atomic E-state index is 11.1. The van der Waals surface area contributed by atoms with Crippen LogP contribution in [0, 0.1) is 5.92 Å². The number of carbonyl (C=O) groups excluding carboxylic acids is 1. The number of hydrogen-bond acceptors (Lipinski definition) is 4. The zero-order valence-electron chi connectivity index (χ0n) is 8.74. The average molecular weight is 241 g/mol. The molecule has 1 aliphatic carbocycles. The molecule has 3 N–H and O–H groups in total. The van der Waals surface area contributed by atoms with E-state index in [1.165, 1.54) is 25.5 Å². The van der Waals surface area contributed by atoms with Gasteiger partial charge in [0.15, 0.2) is 0 Å². The maximum Gasteiger partial charge on any atom is 0.254 e. The molecule has 0 unspecified atom stereocenters. The molecule has 1 aliphatic rings. The van der Waals surface area contributed by atoms with E-state index in [9.17, 15) is 4.79 Å². The molecule has 1 fully saturated rings. The van der Waals surface area contributed by atoms with Crippen LogP contribution in [-0.2, 0) is 0 Å². The van der Waals surface area contributed by atoms with Crippen molar-refractivity contribution in [1.82, 2.24) is 9.97 Å². The van der Waals surface area contributed by atoms with Gasteiger partial charge >= 0.3 is 0 Å². The van der Waals surface area contributed by atoms with Gasteiger partial charge in [0.1, 0.15) is 5.82 Å². The fourth-order valence-corrected chi connectivity index (χ4v) is 1.75. The van der Waals surface area contributed by atoms with Crippen molar-refractivity contribution in [2.24, 2.45) is 11.7 Å². The molecule has 0 bridgehead atoms. The number of hydrogen-bond donors (Lipinski definition) is 2. The van der Waals surface area contributed by atoms with Gasteiger partial charge in [0.2, 0.25) is 5.28 Å². The Morgan fingerprint density at radius 1 is 1.62 bits per heavy atom. The van der Waals surface area contributed by atoms with E-state index in [1.807, 2.05) is 0 Å². The Labute approximate surface area is 98.4 Å². The molecule has 1 amide bonds. The van der Waals surface area contributed by atoms with E-state index in [2.05, 4.69) is 15.3 Å². The number of nitrogens with two attached hydrogens (primary N) is 1. The normalized spacial score (nSPS) is 15.6. The highest BCUT2D eigenvalue weighted by atomic mass is 35.5. The van der Waals surface area contributed by atoms with Gasteiger partial charge in [0.05, 0.1) is 5.56 Å². The second-order valence-corrected chi connectivity index (χ2v) is 4.28. The lowest BCUT2D eigenvalue weighted by molar-refractivity contribution is 0.100. The largest absolute Gasteiger partial charge is 0.369 e. The number of amides is 1. The van der Waals surface area contributed by atoms with Crippen molar-refractivity contribution < 1.29 is 4.79 Å². The smallest absolute Gasteiger partial charge is 0.254 e. The Hall–Kier alpha value is -1.36. The number of carbonyl (C=O) groups is 1. The molecule has 1 aromatic heterocycles. The first kappa shape index (κ1) is 11.1. The molecule has 0 saturated heterocycles. The molecule has 1 saturated carbocycles. The maximum absolute atomic E-state index is 11.1. The molecule has 0 aromatic carbocycles. The monoisotopic (exact) mass is 240 g/mol. The molecule has 0 spiro atoms. The first-order valence-corrected chi connectivity index (χ1v) is 5.61. The summed E-state index contributed by atoms with van der Waals surface area (Å²) in [6, 6.07) is 0. The van der Waals surface area contributed by atoms with E-state index >= 15 is 0 Å². The van der Waals surface area contributed by atoms with Crippen molar-refractivity contribution in [1.29, 1.82) is 0 Å². The van der Waals surface area contributed by atoms with Gasteiger partial charge in [-0.05, 0) is 30.4 Å². The van der Waals surface area contributed by atoms with Gasteiger partial charge in [-0.15, -0.1) is 0 Å². The van der Waals surface area contributed by atoms with Gasteiger partial charge in [-0.25, -0.2) is 4.98 Å². The average Bonchev–Trinajstić information content (AvgIpc) is 2.14. The van der Waals surface area contributed by atoms with Crippen molar-refractivity contribution in [2.45, 2.75) is 19.3 Å². The van der Waals surface area contributed by atoms with E-state index in [0.29, 0.717) is 11.7 Å². The molecule has 0 aliphatic heterocycles. The van der Waals surface area contributed by atoms with Gasteiger partial charge in [-0.2, -0.15) is 4.98 Å². The van der Waals surface area contributed by atoms with Gasteiger partial charge in [0, 0.05) is 12.7 Å². The van der Waals surface area contributed by atoms with E-state index in [1.54, 1.807) is 0 Å². The number of rotatable bonds is 4. The second-order valence-electron chi connectivity index (χ2n) is 3.94. The van der Waals surface area contributed by atoms with Crippen LogP contribution in [0.5, 0.6) is 0 Å². The van der Waals surface area contributed by atoms with Crippen LogP contribution in [0.1, 0.15) is 29.6 Å². The van der Waals surface area contributed by atoms with Crippen molar-refractivity contribution >= 4 is 23.3 Å². The van der Waals surface area contributed by atoms with Crippen molar-refractivity contribution in [2.75, 3.05) is 11.9 Å². The minimum absolute atomic E-state index is 0.112. The third-order valence-electron chi connectivity index (χ3n) is 2.81. The topological polar surface area (TPSA) is 80.9 Å². The molecule has 1 aromatic rings. The van der Waals surface area contributed by atoms with Gasteiger partial charge < -0.3 is 11.1 Å². The zero-order chi connectivity index (χ0) is 11.5. The summed E-state index contributed by atoms with van der Waals surface area (Å²) in [6.45, 7) is 0.799. The van der Waals surface area contributed by atoms with Gasteiger partial charge in [0.25, 0.3) is 5.91 Å². The quantitative estimate of drug-likeness (QED) is 0.781. The predicted octanol–water partition coefficient (Wildman–Crippen LogP) is 1.44. The van der Waals surface area contributed by atoms with Crippen LogP contribution in [-0.4, -0.2) is 22.4 Å². The Bertz CT molecular complexity index is 406. The molecule has 86 valence electrons. The first-order valence-electron chi connectivity index (χ1n) is 5.23. The summed E-state index contributed by atoms with van der Waals surface area (Å²) < 4.78 is 0. The standard InChI is InChI=1S/C10H13ClN4O/c11-10-14-5-7(8(12)16)9(15-10)13-4-6-2-1-3-6/h5-6H,1-4H2,(H2,12,16)(H,13,14,15). The van der Waals surface area contributed by atoms with Crippen LogP contribution >= 0.6 is 11.6 Å². The van der Waals surface area contributed by atoms with Crippen LogP contribution in [0.25, 0.3) is 0 Å². The summed E-state index contributed by atoms with van der Waals surface area (Å²) in [5, 5.41) is 3.21. The van der Waals surface area contributed by atoms with Crippen molar-refractivity contribution in [3.63, 3.8) is 0 Å². The summed E-state index contributed by atoms with van der Waals surface area (Å²) in [7, 11) is 0. The van der Waals surface area contributed by atoms with E-state index in [-0.39, 0.29) is 10.8 Å². The number of nitrogens with zero attached hydrogens (tertiary/aromatic N) is 2. The van der Waals surface area contributed by atoms with Crippen LogP contribution in [0.4, 0.5) is 5.82 Å². The Balaban J connectivity index is 2.09. The highest BCUT2D eigenvalue weighted by molar-refractivity contribution is 6.28. The zero-order valence-corrected chi connectivity index (χ0v) is 9.50. The van der Waals surface area contributed by atoms with Gasteiger partial charge in [-0.3, -0.25) is 4.79 Å². The Kier molecular flexibility index (Phi) is 3.24. The molecular weight excluding hydrogens is 228 g/mol. The van der Waals surface area contributed by atoms with Crippen molar-refractivity contribution in [3.05, 3.63) is 17.0 Å². The lowest BCUT2D eigenvalue weighted by Crippen LogP contribution is -2.23. The third kappa shape index (κ3) is 2.41. The predicted molar refractivity (Wildman–Crippen MR) is 61.4 cm³/mol. The van der Waals surface area contributed by atoms with Crippen molar-refractivity contribution in [3.8, 4) is 0 Å². The highest BCUT2D eigenvalue weighted by Crippen LogP contribution is 2.26. The summed E-state index contributed by atoms with van der Waals surface area (Å²) in [5.74, 6) is 0.543. The minimum Gasteiger partial charge on any atom is -0.369 e. The summed E-state index contributed by atoms with van der Waals surface area (Å²) in [4.78, 5) is 18.8. The fourth-order valence-electron chi connectivity index (χ4n) is 1.61. The molecule has 16 heavy (non-hydrogen) atoms. The number of nitrogens with one attached hydrogen (secondary N) is 1. The SMILES string of the molecule is NC(=O)c1cnc(Cl)nc1NCC1CCC1. The first-order chi connectivity index (χ1) is 7.66. The summed E-state index contributed by atoms with van der Waals surface area (Å²) in [6.07, 6.45) is 5.07. The molecule has 6 heteroatoms. The molecule has 2 rings (SSSR count). The van der Waals surface area contributed by atoms with Crippen LogP contribution in [0.2, 0.25) is 5.28 Å². The summed E-state index contributed by atoms with van der Waals surface area (Å²) in [5.41, 5.74) is 5.50. The Morgan fingerprint density at radius 3 is 2.94 bits per heavy atom. The molecule has 0 radical (unpaired) electrons. The second kappa shape index (κ2) is 4.65. The molecular formula is C10H13ClN4O. The summed E-state index contributed by atoms with van der Waals surface area (Å²) >= 11 is 5.67. The van der Waals surface area contributed by atoms with Gasteiger partial charge in [-0.1, -0.05) is 6.42 Å². The fraction of sp³-hybridized carbons (Fsp3) is 0.500. The highest BCUT2D eigenvalue weighted by Gasteiger charge is 2.18. The number of primary amides is 1.